The molecule has 1 saturated heterocycles. The molecule has 31 heavy (non-hydrogen) atoms. The van der Waals surface area contributed by atoms with Gasteiger partial charge < -0.3 is 10.2 Å². The van der Waals surface area contributed by atoms with E-state index in [0.29, 0.717) is 45.0 Å². The van der Waals surface area contributed by atoms with Crippen molar-refractivity contribution < 1.29 is 9.59 Å². The number of aromatic nitrogens is 3. The van der Waals surface area contributed by atoms with Crippen LogP contribution in [0.1, 0.15) is 17.0 Å². The van der Waals surface area contributed by atoms with Gasteiger partial charge in [0.2, 0.25) is 11.8 Å². The SMILES string of the molecule is C=CCNC(=O)CN1CCN(C(=O)CSc2nnc(C)n2-c2cc(C)ccc2C)CC1. The van der Waals surface area contributed by atoms with E-state index in [9.17, 15) is 9.59 Å². The van der Waals surface area contributed by atoms with Gasteiger partial charge in [0.1, 0.15) is 5.82 Å². The summed E-state index contributed by atoms with van der Waals surface area (Å²) in [6.45, 7) is 13.1. The lowest BCUT2D eigenvalue weighted by atomic mass is 10.1. The maximum Gasteiger partial charge on any atom is 0.234 e. The van der Waals surface area contributed by atoms with Gasteiger partial charge in [-0.15, -0.1) is 16.8 Å². The summed E-state index contributed by atoms with van der Waals surface area (Å²) >= 11 is 1.41. The normalized spacial score (nSPS) is 14.5. The van der Waals surface area contributed by atoms with Crippen LogP contribution in [-0.2, 0) is 9.59 Å². The molecule has 0 atom stereocenters. The van der Waals surface area contributed by atoms with E-state index in [4.69, 9.17) is 0 Å². The summed E-state index contributed by atoms with van der Waals surface area (Å²) in [6.07, 6.45) is 1.66. The predicted octanol–water partition coefficient (Wildman–Crippen LogP) is 1.73. The third-order valence-corrected chi connectivity index (χ3v) is 6.17. The molecule has 0 unspecified atom stereocenters. The molecule has 1 fully saturated rings. The van der Waals surface area contributed by atoms with Gasteiger partial charge >= 0.3 is 0 Å². The second-order valence-corrected chi connectivity index (χ2v) is 8.64. The monoisotopic (exact) mass is 442 g/mol. The van der Waals surface area contributed by atoms with E-state index in [1.807, 2.05) is 16.4 Å². The highest BCUT2D eigenvalue weighted by Crippen LogP contribution is 2.25. The molecule has 1 aliphatic heterocycles. The van der Waals surface area contributed by atoms with Gasteiger partial charge in [0.05, 0.1) is 18.0 Å². The summed E-state index contributed by atoms with van der Waals surface area (Å²) in [6, 6.07) is 6.28. The van der Waals surface area contributed by atoms with Crippen molar-refractivity contribution in [3.05, 3.63) is 47.8 Å². The van der Waals surface area contributed by atoms with E-state index >= 15 is 0 Å². The molecule has 8 nitrogen and oxygen atoms in total. The Bertz CT molecular complexity index is 949. The minimum atomic E-state index is -0.0172. The molecule has 2 heterocycles. The lowest BCUT2D eigenvalue weighted by Gasteiger charge is -2.34. The number of hydrogen-bond acceptors (Lipinski definition) is 6. The Morgan fingerprint density at radius 2 is 1.90 bits per heavy atom. The maximum atomic E-state index is 12.8. The fourth-order valence-electron chi connectivity index (χ4n) is 3.49. The number of rotatable bonds is 8. The van der Waals surface area contributed by atoms with Crippen LogP contribution in [-0.4, -0.2) is 81.4 Å². The minimum absolute atomic E-state index is 0.0172. The zero-order chi connectivity index (χ0) is 22.4. The summed E-state index contributed by atoms with van der Waals surface area (Å²) in [5.74, 6) is 1.17. The lowest BCUT2D eigenvalue weighted by molar-refractivity contribution is -0.130. The Morgan fingerprint density at radius 3 is 2.61 bits per heavy atom. The molecule has 0 spiro atoms. The van der Waals surface area contributed by atoms with Crippen LogP contribution < -0.4 is 5.32 Å². The van der Waals surface area contributed by atoms with Crippen molar-refractivity contribution in [3.8, 4) is 5.69 Å². The summed E-state index contributed by atoms with van der Waals surface area (Å²) < 4.78 is 2.01. The second-order valence-electron chi connectivity index (χ2n) is 7.69. The average molecular weight is 443 g/mol. The Labute approximate surface area is 187 Å². The molecule has 1 aromatic heterocycles. The van der Waals surface area contributed by atoms with Crippen molar-refractivity contribution in [3.63, 3.8) is 0 Å². The lowest BCUT2D eigenvalue weighted by Crippen LogP contribution is -2.51. The number of aryl methyl sites for hydroxylation is 3. The van der Waals surface area contributed by atoms with E-state index in [1.54, 1.807) is 6.08 Å². The largest absolute Gasteiger partial charge is 0.352 e. The van der Waals surface area contributed by atoms with Crippen molar-refractivity contribution in [1.82, 2.24) is 29.9 Å². The molecule has 1 N–H and O–H groups in total. The van der Waals surface area contributed by atoms with Crippen molar-refractivity contribution >= 4 is 23.6 Å². The fraction of sp³-hybridized carbons (Fsp3) is 0.455. The summed E-state index contributed by atoms with van der Waals surface area (Å²) in [7, 11) is 0. The first kappa shape index (κ1) is 23.0. The third kappa shape index (κ3) is 5.95. The second kappa shape index (κ2) is 10.6. The van der Waals surface area contributed by atoms with Crippen LogP contribution >= 0.6 is 11.8 Å². The Kier molecular flexibility index (Phi) is 7.86. The van der Waals surface area contributed by atoms with Crippen LogP contribution in [0.4, 0.5) is 0 Å². The number of nitrogens with one attached hydrogen (secondary N) is 1. The molecule has 0 bridgehead atoms. The van der Waals surface area contributed by atoms with E-state index < -0.39 is 0 Å². The first-order chi connectivity index (χ1) is 14.9. The van der Waals surface area contributed by atoms with E-state index in [-0.39, 0.29) is 11.8 Å². The number of thioether (sulfide) groups is 1. The van der Waals surface area contributed by atoms with Gasteiger partial charge in [-0.05, 0) is 38.0 Å². The van der Waals surface area contributed by atoms with Gasteiger partial charge in [-0.25, -0.2) is 0 Å². The average Bonchev–Trinajstić information content (AvgIpc) is 3.13. The molecule has 2 amide bonds. The molecule has 0 aliphatic carbocycles. The number of carbonyl (C=O) groups is 2. The van der Waals surface area contributed by atoms with Crippen molar-refractivity contribution in [1.29, 1.82) is 0 Å². The summed E-state index contributed by atoms with van der Waals surface area (Å²) in [4.78, 5) is 28.5. The number of amides is 2. The van der Waals surface area contributed by atoms with Crippen molar-refractivity contribution in [2.24, 2.45) is 0 Å². The Morgan fingerprint density at radius 1 is 1.16 bits per heavy atom. The number of nitrogens with zero attached hydrogens (tertiary/aromatic N) is 5. The highest BCUT2D eigenvalue weighted by atomic mass is 32.2. The highest BCUT2D eigenvalue weighted by molar-refractivity contribution is 7.99. The fourth-order valence-corrected chi connectivity index (χ4v) is 4.39. The quantitative estimate of drug-likeness (QED) is 0.495. The van der Waals surface area contributed by atoms with E-state index in [1.165, 1.54) is 11.8 Å². The molecule has 3 rings (SSSR count). The number of benzene rings is 1. The standard InChI is InChI=1S/C22H30N6O2S/c1-5-8-23-20(29)14-26-9-11-27(12-10-26)21(30)15-31-22-25-24-18(4)28(22)19-13-16(2)6-7-17(19)3/h5-7,13H,1,8-12,14-15H2,2-4H3,(H,23,29). The van der Waals surface area contributed by atoms with Crippen LogP contribution in [0, 0.1) is 20.8 Å². The molecule has 0 radical (unpaired) electrons. The van der Waals surface area contributed by atoms with Crippen LogP contribution in [0.3, 0.4) is 0 Å². The predicted molar refractivity (Wildman–Crippen MR) is 123 cm³/mol. The van der Waals surface area contributed by atoms with Crippen molar-refractivity contribution in [2.75, 3.05) is 45.0 Å². The van der Waals surface area contributed by atoms with E-state index in [0.717, 1.165) is 27.8 Å². The molecular weight excluding hydrogens is 412 g/mol. The van der Waals surface area contributed by atoms with Gasteiger partial charge in [-0.2, -0.15) is 0 Å². The van der Waals surface area contributed by atoms with Crippen molar-refractivity contribution in [2.45, 2.75) is 25.9 Å². The molecule has 1 aromatic carbocycles. The summed E-state index contributed by atoms with van der Waals surface area (Å²) in [5, 5.41) is 12.0. The van der Waals surface area contributed by atoms with Gasteiger partial charge in [0.25, 0.3) is 0 Å². The van der Waals surface area contributed by atoms with Crippen LogP contribution in [0.15, 0.2) is 36.0 Å². The van der Waals surface area contributed by atoms with Gasteiger partial charge in [0, 0.05) is 32.7 Å². The Hall–Kier alpha value is -2.65. The molecule has 1 aliphatic rings. The third-order valence-electron chi connectivity index (χ3n) is 5.26. The zero-order valence-corrected chi connectivity index (χ0v) is 19.2. The molecular formula is C22H30N6O2S. The van der Waals surface area contributed by atoms with Gasteiger partial charge in [-0.1, -0.05) is 30.0 Å². The zero-order valence-electron chi connectivity index (χ0n) is 18.4. The minimum Gasteiger partial charge on any atom is -0.352 e. The van der Waals surface area contributed by atoms with Crippen LogP contribution in [0.5, 0.6) is 0 Å². The van der Waals surface area contributed by atoms with Crippen LogP contribution in [0.25, 0.3) is 5.69 Å². The van der Waals surface area contributed by atoms with Gasteiger partial charge in [0.15, 0.2) is 5.16 Å². The number of piperazine rings is 1. The molecule has 0 saturated carbocycles. The van der Waals surface area contributed by atoms with Crippen LogP contribution in [0.2, 0.25) is 0 Å². The van der Waals surface area contributed by atoms with Gasteiger partial charge in [-0.3, -0.25) is 19.1 Å². The Balaban J connectivity index is 1.55. The first-order valence-electron chi connectivity index (χ1n) is 10.4. The summed E-state index contributed by atoms with van der Waals surface area (Å²) in [5.41, 5.74) is 3.34. The molecule has 9 heteroatoms. The highest BCUT2D eigenvalue weighted by Gasteiger charge is 2.23. The number of hydrogen-bond donors (Lipinski definition) is 1. The smallest absolute Gasteiger partial charge is 0.234 e. The molecule has 166 valence electrons. The number of carbonyl (C=O) groups excluding carboxylic acids is 2. The topological polar surface area (TPSA) is 83.4 Å². The first-order valence-corrected chi connectivity index (χ1v) is 11.4. The molecule has 2 aromatic rings. The van der Waals surface area contributed by atoms with E-state index in [2.05, 4.69) is 59.0 Å². The maximum absolute atomic E-state index is 12.8.